The van der Waals surface area contributed by atoms with Gasteiger partial charge in [-0.25, -0.2) is 9.97 Å². The van der Waals surface area contributed by atoms with Crippen molar-refractivity contribution in [2.24, 2.45) is 0 Å². The van der Waals surface area contributed by atoms with Gasteiger partial charge in [-0.1, -0.05) is 0 Å². The highest BCUT2D eigenvalue weighted by molar-refractivity contribution is 14.1. The Morgan fingerprint density at radius 1 is 1.37 bits per heavy atom. The van der Waals surface area contributed by atoms with E-state index in [4.69, 9.17) is 10.5 Å². The van der Waals surface area contributed by atoms with E-state index in [9.17, 15) is 10.2 Å². The van der Waals surface area contributed by atoms with E-state index in [0.29, 0.717) is 11.5 Å². The van der Waals surface area contributed by atoms with Crippen molar-refractivity contribution >= 4 is 39.4 Å². The van der Waals surface area contributed by atoms with Gasteiger partial charge in [-0.15, -0.1) is 0 Å². The van der Waals surface area contributed by atoms with Crippen LogP contribution in [0.5, 0.6) is 0 Å². The zero-order valence-electron chi connectivity index (χ0n) is 10.1. The number of aliphatic hydroxyl groups excluding tert-OH is 2. The van der Waals surface area contributed by atoms with Crippen molar-refractivity contribution in [3.8, 4) is 0 Å². The topological polar surface area (TPSA) is 106 Å². The first kappa shape index (κ1) is 13.0. The Bertz CT molecular complexity index is 632. The summed E-state index contributed by atoms with van der Waals surface area (Å²) in [5, 5.41) is 20.6. The summed E-state index contributed by atoms with van der Waals surface area (Å²) in [5.74, 6) is 0.384. The van der Waals surface area contributed by atoms with Gasteiger partial charge in [-0.2, -0.15) is 0 Å². The third-order valence-corrected chi connectivity index (χ3v) is 4.16. The van der Waals surface area contributed by atoms with Crippen LogP contribution in [-0.2, 0) is 4.74 Å². The number of nitrogen functional groups attached to an aromatic ring is 1. The molecule has 1 fully saturated rings. The molecule has 1 aliphatic heterocycles. The second kappa shape index (κ2) is 4.54. The molecule has 3 rings (SSSR count). The normalized spacial score (nSPS) is 31.2. The van der Waals surface area contributed by atoms with Gasteiger partial charge in [0.25, 0.3) is 0 Å². The Morgan fingerprint density at radius 3 is 2.74 bits per heavy atom. The Labute approximate surface area is 122 Å². The summed E-state index contributed by atoms with van der Waals surface area (Å²) in [5.41, 5.74) is 6.42. The number of aliphatic hydroxyl groups is 2. The monoisotopic (exact) mass is 376 g/mol. The fourth-order valence-corrected chi connectivity index (χ4v) is 3.13. The molecule has 1 saturated heterocycles. The molecule has 19 heavy (non-hydrogen) atoms. The standard InChI is InChI=1S/C11H13IN4O3/c1-4-7(17)8(18)11(19-4)16-2-5(12)6-9(13)14-3-15-10(6)16/h2-4,7-8,11,17-18H,1H3,(H2,13,14,15)/t4-,7-,8-,11-/m1/s1. The molecule has 102 valence electrons. The van der Waals surface area contributed by atoms with E-state index in [1.807, 2.05) is 0 Å². The molecule has 0 spiro atoms. The van der Waals surface area contributed by atoms with E-state index >= 15 is 0 Å². The molecular formula is C11H13IN4O3. The molecule has 3 heterocycles. The smallest absolute Gasteiger partial charge is 0.164 e. The summed E-state index contributed by atoms with van der Waals surface area (Å²) < 4.78 is 8.15. The number of nitrogens with two attached hydrogens (primary N) is 1. The highest BCUT2D eigenvalue weighted by Crippen LogP contribution is 2.34. The molecule has 0 amide bonds. The summed E-state index contributed by atoms with van der Waals surface area (Å²) >= 11 is 2.13. The van der Waals surface area contributed by atoms with E-state index in [2.05, 4.69) is 32.6 Å². The number of hydrogen-bond acceptors (Lipinski definition) is 6. The highest BCUT2D eigenvalue weighted by atomic mass is 127. The van der Waals surface area contributed by atoms with Crippen molar-refractivity contribution in [1.82, 2.24) is 14.5 Å². The lowest BCUT2D eigenvalue weighted by Crippen LogP contribution is -2.30. The molecule has 0 aliphatic carbocycles. The zero-order chi connectivity index (χ0) is 13.7. The van der Waals surface area contributed by atoms with Crippen LogP contribution < -0.4 is 5.73 Å². The average molecular weight is 376 g/mol. The molecule has 0 radical (unpaired) electrons. The number of nitrogens with zero attached hydrogens (tertiary/aromatic N) is 3. The van der Waals surface area contributed by atoms with E-state index in [1.54, 1.807) is 17.7 Å². The summed E-state index contributed by atoms with van der Waals surface area (Å²) in [4.78, 5) is 8.14. The number of hydrogen-bond donors (Lipinski definition) is 3. The first-order valence-electron chi connectivity index (χ1n) is 5.79. The molecule has 7 nitrogen and oxygen atoms in total. The highest BCUT2D eigenvalue weighted by Gasteiger charge is 2.42. The van der Waals surface area contributed by atoms with Gasteiger partial charge in [0, 0.05) is 9.77 Å². The van der Waals surface area contributed by atoms with Crippen molar-refractivity contribution in [3.05, 3.63) is 16.1 Å². The minimum absolute atomic E-state index is 0.384. The Morgan fingerprint density at radius 2 is 2.11 bits per heavy atom. The van der Waals surface area contributed by atoms with Gasteiger partial charge in [0.1, 0.15) is 30.0 Å². The van der Waals surface area contributed by atoms with Crippen LogP contribution in [-0.4, -0.2) is 43.1 Å². The van der Waals surface area contributed by atoms with Crippen molar-refractivity contribution < 1.29 is 14.9 Å². The maximum atomic E-state index is 10.0. The first-order valence-corrected chi connectivity index (χ1v) is 6.86. The van der Waals surface area contributed by atoms with E-state index in [0.717, 1.165) is 8.96 Å². The number of aromatic nitrogens is 3. The number of ether oxygens (including phenoxy) is 1. The lowest BCUT2D eigenvalue weighted by atomic mass is 10.1. The molecule has 0 saturated carbocycles. The Hall–Kier alpha value is -0.970. The van der Waals surface area contributed by atoms with Crippen LogP contribution in [0, 0.1) is 3.57 Å². The van der Waals surface area contributed by atoms with Crippen LogP contribution >= 0.6 is 22.6 Å². The molecule has 0 unspecified atom stereocenters. The predicted molar refractivity (Wildman–Crippen MR) is 76.3 cm³/mol. The third kappa shape index (κ3) is 1.90. The molecular weight excluding hydrogens is 363 g/mol. The van der Waals surface area contributed by atoms with Crippen molar-refractivity contribution in [3.63, 3.8) is 0 Å². The van der Waals surface area contributed by atoms with Crippen LogP contribution in [0.25, 0.3) is 11.0 Å². The molecule has 2 aromatic rings. The minimum Gasteiger partial charge on any atom is -0.388 e. The second-order valence-corrected chi connectivity index (χ2v) is 5.72. The van der Waals surface area contributed by atoms with Crippen molar-refractivity contribution in [2.45, 2.75) is 31.5 Å². The molecule has 1 aliphatic rings. The lowest BCUT2D eigenvalue weighted by molar-refractivity contribution is -0.0297. The summed E-state index contributed by atoms with van der Waals surface area (Å²) in [6.45, 7) is 1.72. The van der Waals surface area contributed by atoms with Gasteiger partial charge in [-0.3, -0.25) is 0 Å². The van der Waals surface area contributed by atoms with Crippen LogP contribution in [0.3, 0.4) is 0 Å². The van der Waals surface area contributed by atoms with E-state index in [-0.39, 0.29) is 0 Å². The Kier molecular flexibility index (Phi) is 3.12. The average Bonchev–Trinajstić information content (AvgIpc) is 2.83. The first-order chi connectivity index (χ1) is 9.00. The number of anilines is 1. The van der Waals surface area contributed by atoms with Crippen molar-refractivity contribution in [1.29, 1.82) is 0 Å². The van der Waals surface area contributed by atoms with Gasteiger partial charge < -0.3 is 25.3 Å². The minimum atomic E-state index is -1.00. The number of fused-ring (bicyclic) bond motifs is 1. The van der Waals surface area contributed by atoms with Crippen LogP contribution in [0.4, 0.5) is 5.82 Å². The van der Waals surface area contributed by atoms with E-state index < -0.39 is 24.5 Å². The molecule has 0 bridgehead atoms. The predicted octanol–water partition coefficient (Wildman–Crippen LogP) is 0.257. The number of rotatable bonds is 1. The molecule has 2 aromatic heterocycles. The molecule has 0 aromatic carbocycles. The maximum absolute atomic E-state index is 10.0. The lowest BCUT2D eigenvalue weighted by Gasteiger charge is -2.17. The van der Waals surface area contributed by atoms with Gasteiger partial charge in [0.15, 0.2) is 6.23 Å². The zero-order valence-corrected chi connectivity index (χ0v) is 12.2. The van der Waals surface area contributed by atoms with Gasteiger partial charge in [-0.05, 0) is 29.5 Å². The number of halogens is 1. The van der Waals surface area contributed by atoms with Crippen molar-refractivity contribution in [2.75, 3.05) is 5.73 Å². The van der Waals surface area contributed by atoms with Gasteiger partial charge in [0.2, 0.25) is 0 Å². The Balaban J connectivity index is 2.14. The van der Waals surface area contributed by atoms with Crippen LogP contribution in [0.15, 0.2) is 12.5 Å². The quantitative estimate of drug-likeness (QED) is 0.617. The van der Waals surface area contributed by atoms with E-state index in [1.165, 1.54) is 6.33 Å². The second-order valence-electron chi connectivity index (χ2n) is 4.55. The molecule has 4 N–H and O–H groups in total. The summed E-state index contributed by atoms with van der Waals surface area (Å²) in [6, 6.07) is 0. The van der Waals surface area contributed by atoms with Crippen LogP contribution in [0.2, 0.25) is 0 Å². The fourth-order valence-electron chi connectivity index (χ4n) is 2.31. The summed E-state index contributed by atoms with van der Waals surface area (Å²) in [6.07, 6.45) is 0.122. The summed E-state index contributed by atoms with van der Waals surface area (Å²) in [7, 11) is 0. The fraction of sp³-hybridized carbons (Fsp3) is 0.455. The molecule has 4 atom stereocenters. The third-order valence-electron chi connectivity index (χ3n) is 3.34. The maximum Gasteiger partial charge on any atom is 0.164 e. The molecule has 8 heteroatoms. The van der Waals surface area contributed by atoms with Gasteiger partial charge >= 0.3 is 0 Å². The SMILES string of the molecule is C[C@H]1O[C@@H](n2cc(I)c3c(N)ncnc32)[C@H](O)[C@@H]1O. The largest absolute Gasteiger partial charge is 0.388 e. The van der Waals surface area contributed by atoms with Gasteiger partial charge in [0.05, 0.1) is 11.5 Å². The van der Waals surface area contributed by atoms with Crippen LogP contribution in [0.1, 0.15) is 13.2 Å².